The second kappa shape index (κ2) is 3.83. The Labute approximate surface area is 81.6 Å². The maximum atomic E-state index is 3.79. The maximum absolute atomic E-state index is 3.79. The van der Waals surface area contributed by atoms with E-state index in [0.29, 0.717) is 0 Å². The molecular weight excluding hydrogens is 158 g/mol. The zero-order valence-electron chi connectivity index (χ0n) is 8.63. The van der Waals surface area contributed by atoms with Crippen LogP contribution in [0.2, 0.25) is 0 Å². The van der Waals surface area contributed by atoms with Gasteiger partial charge in [-0.3, -0.25) is 0 Å². The van der Waals surface area contributed by atoms with Gasteiger partial charge in [-0.05, 0) is 56.9 Å². The van der Waals surface area contributed by atoms with Gasteiger partial charge in [0.25, 0.3) is 0 Å². The minimum atomic E-state index is 0.755. The van der Waals surface area contributed by atoms with Crippen molar-refractivity contribution in [1.82, 2.24) is 5.32 Å². The highest BCUT2D eigenvalue weighted by molar-refractivity contribution is 4.99. The Morgan fingerprint density at radius 1 is 1.38 bits per heavy atom. The number of hydrogen-bond donors (Lipinski definition) is 1. The lowest BCUT2D eigenvalue weighted by molar-refractivity contribution is 0.336. The summed E-state index contributed by atoms with van der Waals surface area (Å²) in [5.41, 5.74) is 0. The van der Waals surface area contributed by atoms with E-state index in [1.165, 1.54) is 25.7 Å². The number of nitrogens with one attached hydrogen (secondary N) is 1. The summed E-state index contributed by atoms with van der Waals surface area (Å²) in [5, 5.41) is 3.47. The van der Waals surface area contributed by atoms with Crippen LogP contribution in [0.5, 0.6) is 0 Å². The molecule has 2 saturated carbocycles. The molecule has 3 unspecified atom stereocenters. The highest BCUT2D eigenvalue weighted by Crippen LogP contribution is 2.55. The SMILES string of the molecule is C=CCCC(NC)C1CC2CC2C1. The Balaban J connectivity index is 1.78. The lowest BCUT2D eigenvalue weighted by Gasteiger charge is -2.23. The first-order chi connectivity index (χ1) is 6.35. The van der Waals surface area contributed by atoms with Gasteiger partial charge in [-0.2, -0.15) is 0 Å². The van der Waals surface area contributed by atoms with Crippen LogP contribution in [0.25, 0.3) is 0 Å². The highest BCUT2D eigenvalue weighted by atomic mass is 14.9. The first-order valence-corrected chi connectivity index (χ1v) is 5.63. The topological polar surface area (TPSA) is 12.0 Å². The first-order valence-electron chi connectivity index (χ1n) is 5.63. The van der Waals surface area contributed by atoms with Crippen LogP contribution in [0.1, 0.15) is 32.1 Å². The highest BCUT2D eigenvalue weighted by Gasteiger charge is 2.47. The summed E-state index contributed by atoms with van der Waals surface area (Å²) in [7, 11) is 2.11. The molecule has 2 aliphatic carbocycles. The van der Waals surface area contributed by atoms with Gasteiger partial charge in [-0.1, -0.05) is 6.08 Å². The molecule has 0 aliphatic heterocycles. The van der Waals surface area contributed by atoms with Crippen molar-refractivity contribution in [3.05, 3.63) is 12.7 Å². The molecule has 0 aromatic rings. The van der Waals surface area contributed by atoms with E-state index in [1.54, 1.807) is 0 Å². The van der Waals surface area contributed by atoms with E-state index >= 15 is 0 Å². The quantitative estimate of drug-likeness (QED) is 0.640. The number of allylic oxidation sites excluding steroid dienone is 1. The zero-order valence-corrected chi connectivity index (χ0v) is 8.63. The molecule has 1 heteroatoms. The van der Waals surface area contributed by atoms with Gasteiger partial charge >= 0.3 is 0 Å². The Morgan fingerprint density at radius 2 is 2.08 bits per heavy atom. The van der Waals surface area contributed by atoms with E-state index in [4.69, 9.17) is 0 Å². The Hall–Kier alpha value is -0.300. The Bertz CT molecular complexity index is 178. The molecule has 3 atom stereocenters. The fourth-order valence-electron chi connectivity index (χ4n) is 3.00. The second-order valence-corrected chi connectivity index (χ2v) is 4.75. The summed E-state index contributed by atoms with van der Waals surface area (Å²) < 4.78 is 0. The fraction of sp³-hybridized carbons (Fsp3) is 0.833. The largest absolute Gasteiger partial charge is 0.317 e. The van der Waals surface area contributed by atoms with Crippen LogP contribution in [-0.2, 0) is 0 Å². The normalized spacial score (nSPS) is 38.4. The zero-order chi connectivity index (χ0) is 9.26. The molecule has 0 bridgehead atoms. The Morgan fingerprint density at radius 3 is 2.62 bits per heavy atom. The van der Waals surface area contributed by atoms with Crippen molar-refractivity contribution in [3.8, 4) is 0 Å². The van der Waals surface area contributed by atoms with Crippen molar-refractivity contribution in [3.63, 3.8) is 0 Å². The van der Waals surface area contributed by atoms with Crippen molar-refractivity contribution in [1.29, 1.82) is 0 Å². The summed E-state index contributed by atoms with van der Waals surface area (Å²) in [5.74, 6) is 3.20. The van der Waals surface area contributed by atoms with Gasteiger partial charge in [0.05, 0.1) is 0 Å². The van der Waals surface area contributed by atoms with E-state index in [1.807, 2.05) is 6.08 Å². The predicted octanol–water partition coefficient (Wildman–Crippen LogP) is 2.59. The molecule has 0 aromatic heterocycles. The van der Waals surface area contributed by atoms with E-state index < -0.39 is 0 Å². The summed E-state index contributed by atoms with van der Waals surface area (Å²) in [6.07, 6.45) is 9.01. The van der Waals surface area contributed by atoms with Gasteiger partial charge in [0, 0.05) is 6.04 Å². The fourth-order valence-corrected chi connectivity index (χ4v) is 3.00. The first kappa shape index (κ1) is 9.26. The summed E-state index contributed by atoms with van der Waals surface area (Å²) in [6.45, 7) is 3.79. The lowest BCUT2D eigenvalue weighted by atomic mass is 9.91. The van der Waals surface area contributed by atoms with Crippen molar-refractivity contribution in [2.24, 2.45) is 17.8 Å². The molecule has 0 heterocycles. The molecule has 1 nitrogen and oxygen atoms in total. The van der Waals surface area contributed by atoms with Crippen LogP contribution in [-0.4, -0.2) is 13.1 Å². The minimum absolute atomic E-state index is 0.755. The van der Waals surface area contributed by atoms with Crippen molar-refractivity contribution >= 4 is 0 Å². The standard InChI is InChI=1S/C12H21N/c1-3-4-5-12(13-2)11-7-9-6-10(9)8-11/h3,9-13H,1,4-8H2,2H3. The van der Waals surface area contributed by atoms with Crippen LogP contribution in [0, 0.1) is 17.8 Å². The molecule has 0 saturated heterocycles. The van der Waals surface area contributed by atoms with Gasteiger partial charge < -0.3 is 5.32 Å². The smallest absolute Gasteiger partial charge is 0.00954 e. The molecule has 1 N–H and O–H groups in total. The van der Waals surface area contributed by atoms with Gasteiger partial charge in [-0.25, -0.2) is 0 Å². The van der Waals surface area contributed by atoms with Gasteiger partial charge in [0.1, 0.15) is 0 Å². The molecule has 0 aromatic carbocycles. The van der Waals surface area contributed by atoms with Crippen LogP contribution < -0.4 is 5.32 Å². The van der Waals surface area contributed by atoms with E-state index in [0.717, 1.165) is 30.2 Å². The van der Waals surface area contributed by atoms with Crippen molar-refractivity contribution in [2.45, 2.75) is 38.1 Å². The third-order valence-electron chi connectivity index (χ3n) is 3.90. The summed E-state index contributed by atoms with van der Waals surface area (Å²) in [4.78, 5) is 0. The molecule has 0 spiro atoms. The summed E-state index contributed by atoms with van der Waals surface area (Å²) in [6, 6.07) is 0.755. The van der Waals surface area contributed by atoms with E-state index in [9.17, 15) is 0 Å². The monoisotopic (exact) mass is 179 g/mol. The average molecular weight is 179 g/mol. The molecule has 0 radical (unpaired) electrons. The lowest BCUT2D eigenvalue weighted by Crippen LogP contribution is -2.32. The van der Waals surface area contributed by atoms with Crippen LogP contribution in [0.3, 0.4) is 0 Å². The average Bonchev–Trinajstić information content (AvgIpc) is 2.75. The van der Waals surface area contributed by atoms with Crippen LogP contribution >= 0.6 is 0 Å². The van der Waals surface area contributed by atoms with Gasteiger partial charge in [0.15, 0.2) is 0 Å². The van der Waals surface area contributed by atoms with Gasteiger partial charge in [0.2, 0.25) is 0 Å². The van der Waals surface area contributed by atoms with E-state index in [2.05, 4.69) is 18.9 Å². The molecule has 2 aliphatic rings. The summed E-state index contributed by atoms with van der Waals surface area (Å²) >= 11 is 0. The van der Waals surface area contributed by atoms with Crippen molar-refractivity contribution < 1.29 is 0 Å². The number of rotatable bonds is 5. The minimum Gasteiger partial charge on any atom is -0.317 e. The molecule has 2 fully saturated rings. The second-order valence-electron chi connectivity index (χ2n) is 4.75. The van der Waals surface area contributed by atoms with Gasteiger partial charge in [-0.15, -0.1) is 6.58 Å². The molecule has 0 amide bonds. The predicted molar refractivity (Wildman–Crippen MR) is 56.6 cm³/mol. The van der Waals surface area contributed by atoms with Crippen LogP contribution in [0.15, 0.2) is 12.7 Å². The third-order valence-corrected chi connectivity index (χ3v) is 3.90. The molecule has 2 rings (SSSR count). The van der Waals surface area contributed by atoms with Crippen LogP contribution in [0.4, 0.5) is 0 Å². The number of fused-ring (bicyclic) bond motifs is 1. The third kappa shape index (κ3) is 1.96. The molecular formula is C12H21N. The van der Waals surface area contributed by atoms with Crippen molar-refractivity contribution in [2.75, 3.05) is 7.05 Å². The maximum Gasteiger partial charge on any atom is 0.00954 e. The molecule has 13 heavy (non-hydrogen) atoms. The van der Waals surface area contributed by atoms with E-state index in [-0.39, 0.29) is 0 Å². The molecule has 74 valence electrons. The Kier molecular flexibility index (Phi) is 2.73. The number of hydrogen-bond acceptors (Lipinski definition) is 1.